The zero-order valence-electron chi connectivity index (χ0n) is 10.7. The monoisotopic (exact) mass is 289 g/mol. The Morgan fingerprint density at radius 1 is 1.22 bits per heavy atom. The summed E-state index contributed by atoms with van der Waals surface area (Å²) in [7, 11) is -2.88. The fourth-order valence-electron chi connectivity index (χ4n) is 1.70. The molecule has 0 aliphatic heterocycles. The third kappa shape index (κ3) is 5.85. The minimum absolute atomic E-state index is 0.204. The van der Waals surface area contributed by atoms with E-state index in [1.165, 1.54) is 0 Å². The van der Waals surface area contributed by atoms with Gasteiger partial charge in [0.2, 0.25) is 0 Å². The van der Waals surface area contributed by atoms with E-state index in [0.29, 0.717) is 25.4 Å². The molecular formula is C13H20ClNO2S. The van der Waals surface area contributed by atoms with Gasteiger partial charge in [0.05, 0.1) is 5.75 Å². The van der Waals surface area contributed by atoms with E-state index in [4.69, 9.17) is 11.6 Å². The Morgan fingerprint density at radius 3 is 2.61 bits per heavy atom. The molecule has 1 aromatic rings. The first-order valence-electron chi connectivity index (χ1n) is 6.12. The van der Waals surface area contributed by atoms with Crippen molar-refractivity contribution in [2.75, 3.05) is 18.1 Å². The fraction of sp³-hybridized carbons (Fsp3) is 0.538. The predicted molar refractivity (Wildman–Crippen MR) is 76.7 cm³/mol. The SMILES string of the molecule is CCCS(=O)(=O)CCNCc1cccc(CCl)c1. The van der Waals surface area contributed by atoms with E-state index in [-0.39, 0.29) is 11.5 Å². The highest BCUT2D eigenvalue weighted by molar-refractivity contribution is 7.91. The van der Waals surface area contributed by atoms with Gasteiger partial charge in [-0.25, -0.2) is 8.42 Å². The Hall–Kier alpha value is -0.580. The maximum Gasteiger partial charge on any atom is 0.151 e. The van der Waals surface area contributed by atoms with Crippen molar-refractivity contribution in [2.24, 2.45) is 0 Å². The number of alkyl halides is 1. The second kappa shape index (κ2) is 7.77. The van der Waals surface area contributed by atoms with Gasteiger partial charge in [0.25, 0.3) is 0 Å². The quantitative estimate of drug-likeness (QED) is 0.590. The van der Waals surface area contributed by atoms with Crippen LogP contribution in [-0.4, -0.2) is 26.5 Å². The Labute approximate surface area is 114 Å². The standard InChI is InChI=1S/C13H20ClNO2S/c1-2-7-18(16,17)8-6-15-11-13-5-3-4-12(9-13)10-14/h3-5,9,15H,2,6-8,10-11H2,1H3. The highest BCUT2D eigenvalue weighted by Crippen LogP contribution is 2.07. The maximum absolute atomic E-state index is 11.5. The maximum atomic E-state index is 11.5. The van der Waals surface area contributed by atoms with Crippen LogP contribution in [-0.2, 0) is 22.3 Å². The number of hydrogen-bond donors (Lipinski definition) is 1. The highest BCUT2D eigenvalue weighted by Gasteiger charge is 2.07. The van der Waals surface area contributed by atoms with Crippen molar-refractivity contribution >= 4 is 21.4 Å². The molecule has 0 spiro atoms. The first-order chi connectivity index (χ1) is 8.57. The molecule has 0 fully saturated rings. The van der Waals surface area contributed by atoms with Gasteiger partial charge in [0.15, 0.2) is 9.84 Å². The summed E-state index contributed by atoms with van der Waals surface area (Å²) in [5.74, 6) is 0.977. The molecule has 1 aromatic carbocycles. The lowest BCUT2D eigenvalue weighted by atomic mass is 10.1. The molecular weight excluding hydrogens is 270 g/mol. The molecule has 0 saturated carbocycles. The van der Waals surface area contributed by atoms with Crippen molar-refractivity contribution in [1.82, 2.24) is 5.32 Å². The molecule has 18 heavy (non-hydrogen) atoms. The summed E-state index contributed by atoms with van der Waals surface area (Å²) >= 11 is 5.76. The average molecular weight is 290 g/mol. The molecule has 0 unspecified atom stereocenters. The first-order valence-corrected chi connectivity index (χ1v) is 8.48. The van der Waals surface area contributed by atoms with E-state index in [2.05, 4.69) is 5.32 Å². The van der Waals surface area contributed by atoms with Crippen LogP contribution in [0.3, 0.4) is 0 Å². The summed E-state index contributed by atoms with van der Waals surface area (Å²) in [5.41, 5.74) is 2.20. The molecule has 0 radical (unpaired) electrons. The Balaban J connectivity index is 2.33. The molecule has 0 bridgehead atoms. The lowest BCUT2D eigenvalue weighted by Gasteiger charge is -2.06. The van der Waals surface area contributed by atoms with Gasteiger partial charge >= 0.3 is 0 Å². The molecule has 0 aliphatic carbocycles. The van der Waals surface area contributed by atoms with Crippen LogP contribution < -0.4 is 5.32 Å². The highest BCUT2D eigenvalue weighted by atomic mass is 35.5. The van der Waals surface area contributed by atoms with Gasteiger partial charge < -0.3 is 5.32 Å². The van der Waals surface area contributed by atoms with Crippen LogP contribution in [0.1, 0.15) is 24.5 Å². The van der Waals surface area contributed by atoms with Gasteiger partial charge in [-0.15, -0.1) is 11.6 Å². The minimum Gasteiger partial charge on any atom is -0.312 e. The van der Waals surface area contributed by atoms with Gasteiger partial charge in [-0.3, -0.25) is 0 Å². The van der Waals surface area contributed by atoms with Crippen molar-refractivity contribution in [3.05, 3.63) is 35.4 Å². The number of nitrogens with one attached hydrogen (secondary N) is 1. The Kier molecular flexibility index (Phi) is 6.68. The smallest absolute Gasteiger partial charge is 0.151 e. The van der Waals surface area contributed by atoms with E-state index < -0.39 is 9.84 Å². The van der Waals surface area contributed by atoms with Crippen molar-refractivity contribution < 1.29 is 8.42 Å². The number of rotatable bonds is 8. The fourth-order valence-corrected chi connectivity index (χ4v) is 3.14. The molecule has 0 amide bonds. The Morgan fingerprint density at radius 2 is 1.94 bits per heavy atom. The van der Waals surface area contributed by atoms with Crippen molar-refractivity contribution in [3.63, 3.8) is 0 Å². The molecule has 5 heteroatoms. The topological polar surface area (TPSA) is 46.2 Å². The van der Waals surface area contributed by atoms with Crippen LogP contribution in [0.15, 0.2) is 24.3 Å². The van der Waals surface area contributed by atoms with Gasteiger partial charge in [0, 0.05) is 24.7 Å². The van der Waals surface area contributed by atoms with E-state index in [1.54, 1.807) is 0 Å². The number of hydrogen-bond acceptors (Lipinski definition) is 3. The van der Waals surface area contributed by atoms with E-state index in [9.17, 15) is 8.42 Å². The van der Waals surface area contributed by atoms with E-state index in [0.717, 1.165) is 11.1 Å². The molecule has 102 valence electrons. The molecule has 0 aliphatic rings. The van der Waals surface area contributed by atoms with Crippen molar-refractivity contribution in [3.8, 4) is 0 Å². The minimum atomic E-state index is -2.88. The summed E-state index contributed by atoms with van der Waals surface area (Å²) in [6, 6.07) is 7.97. The van der Waals surface area contributed by atoms with E-state index in [1.807, 2.05) is 31.2 Å². The van der Waals surface area contributed by atoms with Crippen LogP contribution in [0.25, 0.3) is 0 Å². The molecule has 1 N–H and O–H groups in total. The summed E-state index contributed by atoms with van der Waals surface area (Å²) in [6.45, 7) is 3.04. The molecule has 0 aromatic heterocycles. The number of sulfone groups is 1. The summed E-state index contributed by atoms with van der Waals surface area (Å²) in [5, 5.41) is 3.15. The first kappa shape index (κ1) is 15.5. The van der Waals surface area contributed by atoms with E-state index >= 15 is 0 Å². The van der Waals surface area contributed by atoms with Crippen LogP contribution in [0, 0.1) is 0 Å². The number of benzene rings is 1. The van der Waals surface area contributed by atoms with Crippen molar-refractivity contribution in [1.29, 1.82) is 0 Å². The van der Waals surface area contributed by atoms with Gasteiger partial charge in [-0.05, 0) is 17.5 Å². The summed E-state index contributed by atoms with van der Waals surface area (Å²) in [4.78, 5) is 0. The lowest BCUT2D eigenvalue weighted by Crippen LogP contribution is -2.24. The molecule has 1 rings (SSSR count). The second-order valence-electron chi connectivity index (χ2n) is 4.28. The summed E-state index contributed by atoms with van der Waals surface area (Å²) < 4.78 is 23.0. The second-order valence-corrected chi connectivity index (χ2v) is 6.85. The summed E-state index contributed by atoms with van der Waals surface area (Å²) in [6.07, 6.45) is 0.681. The predicted octanol–water partition coefficient (Wildman–Crippen LogP) is 2.34. The van der Waals surface area contributed by atoms with Crippen molar-refractivity contribution in [2.45, 2.75) is 25.8 Å². The average Bonchev–Trinajstić information content (AvgIpc) is 2.35. The normalized spacial score (nSPS) is 11.7. The zero-order valence-corrected chi connectivity index (χ0v) is 12.2. The van der Waals surface area contributed by atoms with Crippen LogP contribution in [0.2, 0.25) is 0 Å². The molecule has 3 nitrogen and oxygen atoms in total. The van der Waals surface area contributed by atoms with Gasteiger partial charge in [-0.1, -0.05) is 31.2 Å². The van der Waals surface area contributed by atoms with Gasteiger partial charge in [0.1, 0.15) is 0 Å². The largest absolute Gasteiger partial charge is 0.312 e. The Bertz CT molecular complexity index is 460. The third-order valence-corrected chi connectivity index (χ3v) is 4.74. The van der Waals surface area contributed by atoms with Crippen LogP contribution in [0.4, 0.5) is 0 Å². The molecule has 0 saturated heterocycles. The lowest BCUT2D eigenvalue weighted by molar-refractivity contribution is 0.589. The zero-order chi connectivity index (χ0) is 13.4. The third-order valence-electron chi connectivity index (χ3n) is 2.58. The molecule has 0 heterocycles. The number of halogens is 1. The van der Waals surface area contributed by atoms with Crippen LogP contribution in [0.5, 0.6) is 0 Å². The van der Waals surface area contributed by atoms with Crippen LogP contribution >= 0.6 is 11.6 Å². The van der Waals surface area contributed by atoms with Gasteiger partial charge in [-0.2, -0.15) is 0 Å². The molecule has 0 atom stereocenters.